The number of nitrogens with one attached hydrogen (secondary N) is 1. The fourth-order valence-electron chi connectivity index (χ4n) is 2.20. The molecular weight excluding hydrogens is 262 g/mol. The van der Waals surface area contributed by atoms with Gasteiger partial charge in [0, 0.05) is 23.4 Å². The lowest BCUT2D eigenvalue weighted by atomic mass is 10.3. The Bertz CT molecular complexity index is 430. The Morgan fingerprint density at radius 1 is 1.42 bits per heavy atom. The molecule has 3 atom stereocenters. The van der Waals surface area contributed by atoms with E-state index in [1.54, 1.807) is 0 Å². The van der Waals surface area contributed by atoms with Crippen LogP contribution in [0.1, 0.15) is 38.7 Å². The van der Waals surface area contributed by atoms with Gasteiger partial charge in [-0.3, -0.25) is 4.21 Å². The van der Waals surface area contributed by atoms with Crippen LogP contribution in [0.15, 0.2) is 16.5 Å². The summed E-state index contributed by atoms with van der Waals surface area (Å²) in [5.74, 6) is 2.19. The van der Waals surface area contributed by atoms with Crippen LogP contribution < -0.4 is 5.32 Å². The van der Waals surface area contributed by atoms with Crippen molar-refractivity contribution < 1.29 is 13.4 Å². The van der Waals surface area contributed by atoms with Crippen molar-refractivity contribution in [2.24, 2.45) is 0 Å². The van der Waals surface area contributed by atoms with Crippen LogP contribution in [0.3, 0.4) is 0 Å². The summed E-state index contributed by atoms with van der Waals surface area (Å²) in [6.07, 6.45) is 0.980. The van der Waals surface area contributed by atoms with Gasteiger partial charge >= 0.3 is 0 Å². The summed E-state index contributed by atoms with van der Waals surface area (Å²) in [6.45, 7) is 7.63. The molecule has 0 aromatic carbocycles. The lowest BCUT2D eigenvalue weighted by Gasteiger charge is -2.12. The third-order valence-electron chi connectivity index (χ3n) is 3.33. The van der Waals surface area contributed by atoms with E-state index in [2.05, 4.69) is 19.2 Å². The summed E-state index contributed by atoms with van der Waals surface area (Å²) in [5, 5.41) is 3.44. The maximum Gasteiger partial charge on any atom is 0.118 e. The fourth-order valence-corrected chi connectivity index (χ4v) is 3.72. The predicted molar refractivity (Wildman–Crippen MR) is 76.3 cm³/mol. The van der Waals surface area contributed by atoms with Crippen LogP contribution >= 0.6 is 0 Å². The second kappa shape index (κ2) is 6.68. The normalized spacial score (nSPS) is 25.1. The molecule has 1 N–H and O–H groups in total. The van der Waals surface area contributed by atoms with Gasteiger partial charge in [-0.2, -0.15) is 0 Å². The Kier molecular flexibility index (Phi) is 5.19. The highest BCUT2D eigenvalue weighted by Gasteiger charge is 2.29. The Hall–Kier alpha value is -0.650. The highest BCUT2D eigenvalue weighted by Crippen LogP contribution is 2.21. The summed E-state index contributed by atoms with van der Waals surface area (Å²) in [4.78, 5) is 0. The first-order valence-corrected chi connectivity index (χ1v) is 8.24. The molecule has 2 rings (SSSR count). The van der Waals surface area contributed by atoms with Crippen molar-refractivity contribution >= 4 is 10.8 Å². The molecular formula is C14H23NO3S. The molecule has 108 valence electrons. The topological polar surface area (TPSA) is 51.5 Å². The Morgan fingerprint density at radius 3 is 2.79 bits per heavy atom. The quantitative estimate of drug-likeness (QED) is 0.870. The van der Waals surface area contributed by atoms with E-state index in [4.69, 9.17) is 9.15 Å². The van der Waals surface area contributed by atoms with Crippen molar-refractivity contribution in [3.8, 4) is 0 Å². The van der Waals surface area contributed by atoms with E-state index in [1.807, 2.05) is 19.1 Å². The highest BCUT2D eigenvalue weighted by molar-refractivity contribution is 7.84. The second-order valence-electron chi connectivity index (χ2n) is 5.33. The smallest absolute Gasteiger partial charge is 0.118 e. The van der Waals surface area contributed by atoms with Gasteiger partial charge in [0.15, 0.2) is 0 Å². The molecule has 1 aliphatic heterocycles. The first-order chi connectivity index (χ1) is 9.06. The van der Waals surface area contributed by atoms with Crippen molar-refractivity contribution in [3.63, 3.8) is 0 Å². The van der Waals surface area contributed by atoms with Crippen LogP contribution in [-0.4, -0.2) is 28.2 Å². The summed E-state index contributed by atoms with van der Waals surface area (Å²) < 4.78 is 23.4. The van der Waals surface area contributed by atoms with Gasteiger partial charge in [0.2, 0.25) is 0 Å². The van der Waals surface area contributed by atoms with E-state index in [0.29, 0.717) is 18.3 Å². The van der Waals surface area contributed by atoms with Crippen molar-refractivity contribution in [2.75, 3.05) is 6.61 Å². The van der Waals surface area contributed by atoms with Gasteiger partial charge < -0.3 is 14.5 Å². The summed E-state index contributed by atoms with van der Waals surface area (Å²) in [6, 6.07) is 4.31. The van der Waals surface area contributed by atoms with E-state index in [9.17, 15) is 4.21 Å². The fraction of sp³-hybridized carbons (Fsp3) is 0.714. The Morgan fingerprint density at radius 2 is 2.16 bits per heavy atom. The molecule has 1 aromatic heterocycles. The van der Waals surface area contributed by atoms with Crippen LogP contribution in [-0.2, 0) is 27.8 Å². The lowest BCUT2D eigenvalue weighted by Crippen LogP contribution is -2.24. The standard InChI is InChI=1S/C14H23NO3S/c1-10(2)15-8-12-4-5-13(18-12)9-19(16)14-6-7-17-11(14)3/h4-5,10-11,14-15H,6-9H2,1-3H3. The Balaban J connectivity index is 1.87. The van der Waals surface area contributed by atoms with Gasteiger partial charge in [0.05, 0.1) is 23.7 Å². The largest absolute Gasteiger partial charge is 0.464 e. The van der Waals surface area contributed by atoms with Crippen LogP contribution in [0.2, 0.25) is 0 Å². The SMILES string of the molecule is CC(C)NCc1ccc(CS(=O)C2CCOC2C)o1. The molecule has 0 radical (unpaired) electrons. The monoisotopic (exact) mass is 285 g/mol. The number of rotatable bonds is 6. The lowest BCUT2D eigenvalue weighted by molar-refractivity contribution is 0.127. The first-order valence-electron chi connectivity index (χ1n) is 6.86. The zero-order chi connectivity index (χ0) is 13.8. The average molecular weight is 285 g/mol. The summed E-state index contributed by atoms with van der Waals surface area (Å²) in [5.41, 5.74) is 0. The zero-order valence-corrected chi connectivity index (χ0v) is 12.7. The number of hydrogen-bond donors (Lipinski definition) is 1. The van der Waals surface area contributed by atoms with Crippen LogP contribution in [0, 0.1) is 0 Å². The molecule has 1 fully saturated rings. The molecule has 1 saturated heterocycles. The minimum Gasteiger partial charge on any atom is -0.464 e. The minimum atomic E-state index is -0.915. The van der Waals surface area contributed by atoms with E-state index >= 15 is 0 Å². The number of furan rings is 1. The van der Waals surface area contributed by atoms with Crippen molar-refractivity contribution in [2.45, 2.75) is 56.9 Å². The van der Waals surface area contributed by atoms with Gasteiger partial charge in [0.25, 0.3) is 0 Å². The molecule has 2 heterocycles. The molecule has 1 aromatic rings. The van der Waals surface area contributed by atoms with Crippen molar-refractivity contribution in [3.05, 3.63) is 23.7 Å². The predicted octanol–water partition coefficient (Wildman–Crippen LogP) is 2.20. The van der Waals surface area contributed by atoms with Crippen LogP contribution in [0.25, 0.3) is 0 Å². The highest BCUT2D eigenvalue weighted by atomic mass is 32.2. The van der Waals surface area contributed by atoms with E-state index in [-0.39, 0.29) is 11.4 Å². The third-order valence-corrected chi connectivity index (χ3v) is 5.19. The molecule has 19 heavy (non-hydrogen) atoms. The molecule has 1 aliphatic rings. The molecule has 3 unspecified atom stereocenters. The van der Waals surface area contributed by atoms with E-state index in [1.165, 1.54) is 0 Å². The van der Waals surface area contributed by atoms with Gasteiger partial charge in [-0.05, 0) is 25.5 Å². The van der Waals surface area contributed by atoms with Gasteiger partial charge in [-0.25, -0.2) is 0 Å². The maximum atomic E-state index is 12.3. The molecule has 5 heteroatoms. The van der Waals surface area contributed by atoms with Gasteiger partial charge in [-0.15, -0.1) is 0 Å². The van der Waals surface area contributed by atoms with Crippen molar-refractivity contribution in [1.82, 2.24) is 5.32 Å². The Labute approximate surface area is 117 Å². The van der Waals surface area contributed by atoms with Crippen LogP contribution in [0.4, 0.5) is 0 Å². The maximum absolute atomic E-state index is 12.3. The molecule has 0 amide bonds. The molecule has 0 spiro atoms. The number of hydrogen-bond acceptors (Lipinski definition) is 4. The van der Waals surface area contributed by atoms with Gasteiger partial charge in [0.1, 0.15) is 11.5 Å². The van der Waals surface area contributed by atoms with Crippen molar-refractivity contribution in [1.29, 1.82) is 0 Å². The van der Waals surface area contributed by atoms with E-state index < -0.39 is 10.8 Å². The molecule has 4 nitrogen and oxygen atoms in total. The molecule has 0 bridgehead atoms. The minimum absolute atomic E-state index is 0.0953. The number of ether oxygens (including phenoxy) is 1. The summed E-state index contributed by atoms with van der Waals surface area (Å²) >= 11 is 0. The third kappa shape index (κ3) is 4.16. The molecule has 0 aliphatic carbocycles. The average Bonchev–Trinajstić information content (AvgIpc) is 2.95. The summed E-state index contributed by atoms with van der Waals surface area (Å²) in [7, 11) is -0.915. The molecule has 0 saturated carbocycles. The zero-order valence-electron chi connectivity index (χ0n) is 11.8. The van der Waals surface area contributed by atoms with E-state index in [0.717, 1.165) is 24.5 Å². The first kappa shape index (κ1) is 14.8. The van der Waals surface area contributed by atoms with Crippen LogP contribution in [0.5, 0.6) is 0 Å². The second-order valence-corrected chi connectivity index (χ2v) is 6.99. The van der Waals surface area contributed by atoms with Gasteiger partial charge in [-0.1, -0.05) is 13.8 Å².